The lowest BCUT2D eigenvalue weighted by Gasteiger charge is -2.36. The van der Waals surface area contributed by atoms with Crippen LogP contribution in [-0.4, -0.2) is 37.4 Å². The van der Waals surface area contributed by atoms with E-state index in [1.54, 1.807) is 51.1 Å². The number of hydrogen-bond acceptors (Lipinski definition) is 6. The zero-order valence-corrected chi connectivity index (χ0v) is 18.2. The number of halogens is 2. The van der Waals surface area contributed by atoms with Gasteiger partial charge in [0.05, 0.1) is 0 Å². The number of benzene rings is 2. The normalized spacial score (nSPS) is 14.6. The van der Waals surface area contributed by atoms with Crippen molar-refractivity contribution in [2.45, 2.75) is 44.0 Å². The van der Waals surface area contributed by atoms with Crippen molar-refractivity contribution in [3.63, 3.8) is 0 Å². The molecule has 0 amide bonds. The summed E-state index contributed by atoms with van der Waals surface area (Å²) in [6.45, 7) is 4.86. The van der Waals surface area contributed by atoms with E-state index in [1.165, 1.54) is 24.3 Å². The molecule has 7 nitrogen and oxygen atoms in total. The van der Waals surface area contributed by atoms with Gasteiger partial charge >= 0.3 is 12.1 Å². The molecule has 0 spiro atoms. The third-order valence-corrected chi connectivity index (χ3v) is 5.00. The van der Waals surface area contributed by atoms with Gasteiger partial charge in [0.2, 0.25) is 5.00 Å². The van der Waals surface area contributed by atoms with E-state index >= 15 is 0 Å². The van der Waals surface area contributed by atoms with Crippen molar-refractivity contribution in [1.29, 1.82) is 0 Å². The van der Waals surface area contributed by atoms with Gasteiger partial charge in [-0.2, -0.15) is 4.42 Å². The molecule has 9 heteroatoms. The van der Waals surface area contributed by atoms with E-state index in [4.69, 9.17) is 32.9 Å². The molecule has 0 radical (unpaired) electrons. The number of ether oxygens (including phenoxy) is 2. The minimum absolute atomic E-state index is 0.0511. The molecule has 0 aromatic heterocycles. The second-order valence-electron chi connectivity index (χ2n) is 7.54. The molecule has 2 rings (SSSR count). The van der Waals surface area contributed by atoms with E-state index in [-0.39, 0.29) is 17.9 Å². The Balaban J connectivity index is 2.45. The molecule has 0 aliphatic carbocycles. The largest absolute Gasteiger partial charge is 0.509 e. The van der Waals surface area contributed by atoms with Crippen LogP contribution in [0.5, 0.6) is 5.75 Å². The fourth-order valence-corrected chi connectivity index (χ4v) is 3.12. The van der Waals surface area contributed by atoms with Gasteiger partial charge in [-0.25, -0.2) is 9.59 Å². The maximum absolute atomic E-state index is 12.4. The first kappa shape index (κ1) is 23.8. The first-order valence-electron chi connectivity index (χ1n) is 9.01. The molecule has 0 saturated heterocycles. The molecule has 0 fully saturated rings. The van der Waals surface area contributed by atoms with Gasteiger partial charge in [-0.3, -0.25) is 0 Å². The van der Waals surface area contributed by atoms with Gasteiger partial charge in [0.25, 0.3) is 0 Å². The van der Waals surface area contributed by atoms with Crippen LogP contribution in [0.4, 0.5) is 4.79 Å². The van der Waals surface area contributed by atoms with Crippen molar-refractivity contribution in [2.75, 3.05) is 0 Å². The van der Waals surface area contributed by atoms with Gasteiger partial charge in [0, 0.05) is 6.54 Å². The van der Waals surface area contributed by atoms with E-state index in [0.29, 0.717) is 5.56 Å². The van der Waals surface area contributed by atoms with Crippen molar-refractivity contribution >= 4 is 35.5 Å². The molecule has 0 heterocycles. The lowest BCUT2D eigenvalue weighted by Crippen LogP contribution is -2.51. The maximum Gasteiger partial charge on any atom is 0.509 e. The quantitative estimate of drug-likeness (QED) is 0.260. The zero-order valence-electron chi connectivity index (χ0n) is 16.7. The van der Waals surface area contributed by atoms with Gasteiger partial charge < -0.3 is 19.7 Å². The zero-order chi connectivity index (χ0) is 22.5. The monoisotopic (exact) mass is 455 g/mol. The highest BCUT2D eigenvalue weighted by Crippen LogP contribution is 2.41. The molecule has 0 aliphatic heterocycles. The van der Waals surface area contributed by atoms with Crippen LogP contribution in [0.2, 0.25) is 0 Å². The molecule has 2 aromatic carbocycles. The van der Waals surface area contributed by atoms with Crippen LogP contribution >= 0.6 is 23.4 Å². The summed E-state index contributed by atoms with van der Waals surface area (Å²) in [5.74, 6) is -1.59. The minimum Gasteiger partial charge on any atom is -0.508 e. The van der Waals surface area contributed by atoms with Crippen LogP contribution < -0.4 is 0 Å². The first-order valence-corrected chi connectivity index (χ1v) is 9.73. The van der Waals surface area contributed by atoms with E-state index in [9.17, 15) is 19.8 Å². The Hall–Kier alpha value is -2.48. The Kier molecular flexibility index (Phi) is 7.58. The second-order valence-corrected chi connectivity index (χ2v) is 8.52. The Morgan fingerprint density at radius 2 is 1.63 bits per heavy atom. The molecule has 2 atom stereocenters. The van der Waals surface area contributed by atoms with Gasteiger partial charge in [0.1, 0.15) is 11.4 Å². The minimum atomic E-state index is -2.38. The van der Waals surface area contributed by atoms with Crippen molar-refractivity contribution in [2.24, 2.45) is 0 Å². The topological polar surface area (TPSA) is 96.3 Å². The number of alkyl halides is 1. The van der Waals surface area contributed by atoms with Gasteiger partial charge in [-0.15, -0.1) is 0 Å². The maximum atomic E-state index is 12.4. The van der Waals surface area contributed by atoms with Gasteiger partial charge in [0.15, 0.2) is 6.10 Å². The average Bonchev–Trinajstić information content (AvgIpc) is 2.65. The SMILES string of the molecule is CC(C)(C)OC(=O)OC(c1ccc(O)cc1)[C@](Cl)(C(=O)O)N(Cl)Cc1ccccc1. The molecule has 162 valence electrons. The Bertz CT molecular complexity index is 869. The van der Waals surface area contributed by atoms with Crippen molar-refractivity contribution in [3.05, 3.63) is 65.7 Å². The molecule has 0 bridgehead atoms. The molecule has 30 heavy (non-hydrogen) atoms. The predicted octanol–water partition coefficient (Wildman–Crippen LogP) is 5.06. The summed E-state index contributed by atoms with van der Waals surface area (Å²) in [5.41, 5.74) is 0.0229. The number of carboxylic acid groups (broad SMARTS) is 1. The average molecular weight is 456 g/mol. The molecule has 0 saturated carbocycles. The molecular weight excluding hydrogens is 433 g/mol. The van der Waals surface area contributed by atoms with E-state index in [0.717, 1.165) is 4.42 Å². The fraction of sp³-hybridized carbons (Fsp3) is 0.333. The number of phenols is 1. The van der Waals surface area contributed by atoms with E-state index < -0.39 is 28.8 Å². The van der Waals surface area contributed by atoms with Gasteiger partial charge in [-0.1, -0.05) is 54.1 Å². The number of carbonyl (C=O) groups excluding carboxylic acids is 1. The molecule has 0 aliphatic rings. The smallest absolute Gasteiger partial charge is 0.508 e. The number of rotatable bonds is 7. The van der Waals surface area contributed by atoms with Crippen molar-refractivity contribution < 1.29 is 29.3 Å². The number of aliphatic carboxylic acids is 1. The summed E-state index contributed by atoms with van der Waals surface area (Å²) in [6.07, 6.45) is -2.68. The molecule has 2 N–H and O–H groups in total. The van der Waals surface area contributed by atoms with Crippen LogP contribution in [0.25, 0.3) is 0 Å². The van der Waals surface area contributed by atoms with E-state index in [1.807, 2.05) is 0 Å². The third-order valence-electron chi connectivity index (χ3n) is 3.96. The lowest BCUT2D eigenvalue weighted by molar-refractivity contribution is -0.150. The number of nitrogens with zero attached hydrogens (tertiary/aromatic N) is 1. The van der Waals surface area contributed by atoms with Crippen LogP contribution in [0.3, 0.4) is 0 Å². The highest BCUT2D eigenvalue weighted by molar-refractivity contribution is 6.37. The molecule has 1 unspecified atom stereocenters. The number of aromatic hydroxyl groups is 1. The standard InChI is InChI=1S/C21H23Cl2NO6/c1-20(2,3)30-19(28)29-17(15-9-11-16(25)12-10-15)21(22,18(26)27)24(23)13-14-7-5-4-6-8-14/h4-12,17,25H,13H2,1-3H3,(H,26,27)/t17?,21-/m1/s1. The highest BCUT2D eigenvalue weighted by Gasteiger charge is 2.53. The summed E-state index contributed by atoms with van der Waals surface area (Å²) in [7, 11) is 0. The Labute approximate surface area is 184 Å². The van der Waals surface area contributed by atoms with E-state index in [2.05, 4.69) is 0 Å². The Morgan fingerprint density at radius 1 is 1.07 bits per heavy atom. The first-order chi connectivity index (χ1) is 13.9. The summed E-state index contributed by atoms with van der Waals surface area (Å²) >= 11 is 12.9. The number of phenolic OH excluding ortho intramolecular Hbond substituents is 1. The lowest BCUT2D eigenvalue weighted by atomic mass is 10.0. The summed E-state index contributed by atoms with van der Waals surface area (Å²) in [4.78, 5) is 22.2. The Morgan fingerprint density at radius 3 is 2.13 bits per heavy atom. The molecule has 2 aromatic rings. The van der Waals surface area contributed by atoms with Crippen molar-refractivity contribution in [1.82, 2.24) is 4.42 Å². The van der Waals surface area contributed by atoms with Crippen LogP contribution in [-0.2, 0) is 20.8 Å². The van der Waals surface area contributed by atoms with Crippen LogP contribution in [0, 0.1) is 0 Å². The number of carboxylic acids is 1. The highest BCUT2D eigenvalue weighted by atomic mass is 35.5. The summed E-state index contributed by atoms with van der Waals surface area (Å²) < 4.78 is 11.4. The molecular formula is C21H23Cl2NO6. The van der Waals surface area contributed by atoms with Crippen LogP contribution in [0.15, 0.2) is 54.6 Å². The predicted molar refractivity (Wildman–Crippen MR) is 112 cm³/mol. The fourth-order valence-electron chi connectivity index (χ4n) is 2.59. The number of hydrogen-bond donors (Lipinski definition) is 2. The van der Waals surface area contributed by atoms with Crippen molar-refractivity contribution in [3.8, 4) is 5.75 Å². The second kappa shape index (κ2) is 9.55. The van der Waals surface area contributed by atoms with Gasteiger partial charge in [-0.05, 0) is 55.8 Å². The number of carbonyl (C=O) groups is 2. The summed E-state index contributed by atoms with van der Waals surface area (Å²) in [6, 6.07) is 14.2. The third kappa shape index (κ3) is 6.01. The summed E-state index contributed by atoms with van der Waals surface area (Å²) in [5, 5.41) is 19.5. The van der Waals surface area contributed by atoms with Crippen LogP contribution in [0.1, 0.15) is 38.0 Å².